The van der Waals surface area contributed by atoms with Crippen molar-refractivity contribution >= 4 is 23.4 Å². The molecule has 1 amide bonds. The molecule has 2 N–H and O–H groups in total. The summed E-state index contributed by atoms with van der Waals surface area (Å²) < 4.78 is 5.41. The summed E-state index contributed by atoms with van der Waals surface area (Å²) in [6.45, 7) is 3.95. The third-order valence-electron chi connectivity index (χ3n) is 2.76. The summed E-state index contributed by atoms with van der Waals surface area (Å²) in [5, 5.41) is 0. The number of nitrogens with two attached hydrogens (primary N) is 1. The number of hydrogen-bond donors (Lipinski definition) is 1. The molecule has 1 saturated heterocycles. The molecule has 1 aromatic rings. The number of morpholine rings is 1. The zero-order valence-electron chi connectivity index (χ0n) is 10.3. The van der Waals surface area contributed by atoms with Crippen LogP contribution in [0.15, 0.2) is 23.4 Å². The predicted octanol–water partition coefficient (Wildman–Crippen LogP) is 1.00. The first-order valence-corrected chi connectivity index (χ1v) is 6.87. The lowest BCUT2D eigenvalue weighted by Gasteiger charge is -2.31. The van der Waals surface area contributed by atoms with Gasteiger partial charge in [-0.3, -0.25) is 9.78 Å². The molecule has 1 aliphatic heterocycles. The summed E-state index contributed by atoms with van der Waals surface area (Å²) in [6, 6.07) is 1.83. The summed E-state index contributed by atoms with van der Waals surface area (Å²) in [6.07, 6.45) is 3.41. The Balaban J connectivity index is 1.86. The van der Waals surface area contributed by atoms with Crippen LogP contribution in [0.5, 0.6) is 0 Å². The Kier molecular flexibility index (Phi) is 4.43. The minimum Gasteiger partial charge on any atom is -0.397 e. The average molecular weight is 267 g/mol. The Morgan fingerprint density at radius 1 is 1.72 bits per heavy atom. The van der Waals surface area contributed by atoms with Crippen molar-refractivity contribution in [3.63, 3.8) is 0 Å². The molecule has 6 heteroatoms. The molecule has 2 heterocycles. The van der Waals surface area contributed by atoms with Crippen molar-refractivity contribution in [2.45, 2.75) is 17.9 Å². The molecule has 1 unspecified atom stereocenters. The Morgan fingerprint density at radius 2 is 2.56 bits per heavy atom. The number of aromatic nitrogens is 1. The van der Waals surface area contributed by atoms with Crippen LogP contribution < -0.4 is 5.73 Å². The van der Waals surface area contributed by atoms with Crippen LogP contribution in [0.25, 0.3) is 0 Å². The van der Waals surface area contributed by atoms with E-state index < -0.39 is 0 Å². The van der Waals surface area contributed by atoms with E-state index in [0.717, 1.165) is 4.90 Å². The third kappa shape index (κ3) is 3.36. The first-order valence-electron chi connectivity index (χ1n) is 5.88. The van der Waals surface area contributed by atoms with Crippen molar-refractivity contribution in [1.82, 2.24) is 9.88 Å². The van der Waals surface area contributed by atoms with Gasteiger partial charge in [0.15, 0.2) is 0 Å². The number of nitrogens with zero attached hydrogens (tertiary/aromatic N) is 2. The molecule has 1 aliphatic rings. The highest BCUT2D eigenvalue weighted by Gasteiger charge is 2.21. The number of carbonyl (C=O) groups excluding carboxylic acids is 1. The SMILES string of the molecule is CC1CN(C(=O)CSc2ccncc2N)CCO1. The fraction of sp³-hybridized carbons (Fsp3) is 0.500. The molecule has 0 aromatic carbocycles. The summed E-state index contributed by atoms with van der Waals surface area (Å²) in [7, 11) is 0. The molecule has 1 atom stereocenters. The smallest absolute Gasteiger partial charge is 0.233 e. The van der Waals surface area contributed by atoms with Crippen molar-refractivity contribution in [2.24, 2.45) is 0 Å². The fourth-order valence-corrected chi connectivity index (χ4v) is 2.64. The van der Waals surface area contributed by atoms with Crippen molar-refractivity contribution < 1.29 is 9.53 Å². The van der Waals surface area contributed by atoms with Gasteiger partial charge in [-0.15, -0.1) is 11.8 Å². The Labute approximate surface area is 111 Å². The minimum atomic E-state index is 0.124. The van der Waals surface area contributed by atoms with Gasteiger partial charge in [0.25, 0.3) is 0 Å². The van der Waals surface area contributed by atoms with Gasteiger partial charge in [0.1, 0.15) is 0 Å². The number of rotatable bonds is 3. The Morgan fingerprint density at radius 3 is 3.28 bits per heavy atom. The van der Waals surface area contributed by atoms with Crippen molar-refractivity contribution in [3.05, 3.63) is 18.5 Å². The van der Waals surface area contributed by atoms with Gasteiger partial charge in [0.2, 0.25) is 5.91 Å². The minimum absolute atomic E-state index is 0.124. The predicted molar refractivity (Wildman–Crippen MR) is 71.4 cm³/mol. The maximum absolute atomic E-state index is 12.0. The Bertz CT molecular complexity index is 428. The lowest BCUT2D eigenvalue weighted by atomic mass is 10.3. The van der Waals surface area contributed by atoms with Gasteiger partial charge in [-0.1, -0.05) is 0 Å². The van der Waals surface area contributed by atoms with E-state index >= 15 is 0 Å². The zero-order valence-corrected chi connectivity index (χ0v) is 11.2. The second-order valence-electron chi connectivity index (χ2n) is 4.22. The molecule has 0 radical (unpaired) electrons. The molecule has 1 aromatic heterocycles. The monoisotopic (exact) mass is 267 g/mol. The number of amides is 1. The first kappa shape index (κ1) is 13.2. The summed E-state index contributed by atoms with van der Waals surface area (Å²) in [5.74, 6) is 0.535. The summed E-state index contributed by atoms with van der Waals surface area (Å²) in [4.78, 5) is 18.7. The fourth-order valence-electron chi connectivity index (χ4n) is 1.80. The van der Waals surface area contributed by atoms with E-state index in [1.54, 1.807) is 12.4 Å². The van der Waals surface area contributed by atoms with Gasteiger partial charge in [-0.25, -0.2) is 0 Å². The third-order valence-corrected chi connectivity index (χ3v) is 3.83. The van der Waals surface area contributed by atoms with Crippen LogP contribution in [0.3, 0.4) is 0 Å². The lowest BCUT2D eigenvalue weighted by molar-refractivity contribution is -0.135. The quantitative estimate of drug-likeness (QED) is 0.828. The van der Waals surface area contributed by atoms with Crippen LogP contribution in [0.2, 0.25) is 0 Å². The largest absolute Gasteiger partial charge is 0.397 e. The first-order chi connectivity index (χ1) is 8.66. The maximum Gasteiger partial charge on any atom is 0.233 e. The molecule has 1 fully saturated rings. The number of pyridine rings is 1. The van der Waals surface area contributed by atoms with Crippen LogP contribution >= 0.6 is 11.8 Å². The number of thioether (sulfide) groups is 1. The van der Waals surface area contributed by atoms with Crippen LogP contribution in [0.1, 0.15) is 6.92 Å². The molecule has 0 saturated carbocycles. The molecule has 0 spiro atoms. The highest BCUT2D eigenvalue weighted by atomic mass is 32.2. The molecule has 5 nitrogen and oxygen atoms in total. The molecular formula is C12H17N3O2S. The van der Waals surface area contributed by atoms with E-state index in [1.165, 1.54) is 11.8 Å². The second kappa shape index (κ2) is 6.06. The number of anilines is 1. The number of hydrogen-bond acceptors (Lipinski definition) is 5. The molecule has 98 valence electrons. The van der Waals surface area contributed by atoms with Crippen molar-refractivity contribution in [3.8, 4) is 0 Å². The van der Waals surface area contributed by atoms with Gasteiger partial charge < -0.3 is 15.4 Å². The van der Waals surface area contributed by atoms with Crippen LogP contribution in [0.4, 0.5) is 5.69 Å². The molecule has 0 bridgehead atoms. The van der Waals surface area contributed by atoms with E-state index in [1.807, 2.05) is 17.9 Å². The number of carbonyl (C=O) groups is 1. The second-order valence-corrected chi connectivity index (χ2v) is 5.24. The van der Waals surface area contributed by atoms with Gasteiger partial charge >= 0.3 is 0 Å². The summed E-state index contributed by atoms with van der Waals surface area (Å²) in [5.41, 5.74) is 6.40. The zero-order chi connectivity index (χ0) is 13.0. The van der Waals surface area contributed by atoms with E-state index in [4.69, 9.17) is 10.5 Å². The highest BCUT2D eigenvalue weighted by molar-refractivity contribution is 8.00. The Hall–Kier alpha value is -1.27. The number of ether oxygens (including phenoxy) is 1. The van der Waals surface area contributed by atoms with Crippen LogP contribution in [-0.4, -0.2) is 47.3 Å². The standard InChI is InChI=1S/C12H17N3O2S/c1-9-7-15(4-5-17-9)12(16)8-18-11-2-3-14-6-10(11)13/h2-3,6,9H,4-5,7-8,13H2,1H3. The van der Waals surface area contributed by atoms with E-state index in [-0.39, 0.29) is 12.0 Å². The topological polar surface area (TPSA) is 68.5 Å². The normalized spacial score (nSPS) is 19.8. The van der Waals surface area contributed by atoms with Gasteiger partial charge in [0, 0.05) is 24.2 Å². The van der Waals surface area contributed by atoms with Crippen LogP contribution in [0, 0.1) is 0 Å². The van der Waals surface area contributed by atoms with Crippen molar-refractivity contribution in [1.29, 1.82) is 0 Å². The van der Waals surface area contributed by atoms with Crippen molar-refractivity contribution in [2.75, 3.05) is 31.2 Å². The van der Waals surface area contributed by atoms with E-state index in [9.17, 15) is 4.79 Å². The van der Waals surface area contributed by atoms with Gasteiger partial charge in [-0.2, -0.15) is 0 Å². The summed E-state index contributed by atoms with van der Waals surface area (Å²) >= 11 is 1.45. The average Bonchev–Trinajstić information content (AvgIpc) is 2.37. The molecular weight excluding hydrogens is 250 g/mol. The van der Waals surface area contributed by atoms with E-state index in [0.29, 0.717) is 31.1 Å². The van der Waals surface area contributed by atoms with Crippen LogP contribution in [-0.2, 0) is 9.53 Å². The van der Waals surface area contributed by atoms with Gasteiger partial charge in [0.05, 0.1) is 30.3 Å². The molecule has 18 heavy (non-hydrogen) atoms. The molecule has 0 aliphatic carbocycles. The lowest BCUT2D eigenvalue weighted by Crippen LogP contribution is -2.45. The highest BCUT2D eigenvalue weighted by Crippen LogP contribution is 2.23. The van der Waals surface area contributed by atoms with E-state index in [2.05, 4.69) is 4.98 Å². The maximum atomic E-state index is 12.0. The molecule has 2 rings (SSSR count). The van der Waals surface area contributed by atoms with Gasteiger partial charge in [-0.05, 0) is 13.0 Å². The number of nitrogen functional groups attached to an aromatic ring is 1.